The van der Waals surface area contributed by atoms with Gasteiger partial charge in [-0.05, 0) is 69.3 Å². The third kappa shape index (κ3) is 3.49. The first-order valence-corrected chi connectivity index (χ1v) is 9.60. The van der Waals surface area contributed by atoms with E-state index in [0.29, 0.717) is 6.61 Å². The number of aromatic nitrogens is 3. The second-order valence-corrected chi connectivity index (χ2v) is 6.77. The molecule has 0 aliphatic carbocycles. The molecular formula is C23H24N4O2. The quantitative estimate of drug-likeness (QED) is 0.493. The van der Waals surface area contributed by atoms with Crippen LogP contribution >= 0.6 is 0 Å². The molecule has 6 heteroatoms. The fraction of sp³-hybridized carbons (Fsp3) is 0.217. The van der Waals surface area contributed by atoms with Gasteiger partial charge in [0.25, 0.3) is 0 Å². The molecule has 2 aromatic carbocycles. The molecule has 0 radical (unpaired) electrons. The number of ether oxygens (including phenoxy) is 2. The van der Waals surface area contributed by atoms with Crippen LogP contribution in [0.2, 0.25) is 0 Å². The van der Waals surface area contributed by atoms with Gasteiger partial charge in [0.15, 0.2) is 5.82 Å². The highest BCUT2D eigenvalue weighted by Gasteiger charge is 2.17. The lowest BCUT2D eigenvalue weighted by Crippen LogP contribution is -2.00. The first kappa shape index (κ1) is 18.8. The molecule has 6 nitrogen and oxygen atoms in total. The fourth-order valence-electron chi connectivity index (χ4n) is 3.65. The van der Waals surface area contributed by atoms with E-state index in [2.05, 4.69) is 46.1 Å². The van der Waals surface area contributed by atoms with Gasteiger partial charge < -0.3 is 19.4 Å². The number of rotatable bonds is 6. The summed E-state index contributed by atoms with van der Waals surface area (Å²) in [6, 6.07) is 15.9. The van der Waals surface area contributed by atoms with Gasteiger partial charge in [-0.15, -0.1) is 5.10 Å². The average molecular weight is 388 g/mol. The molecule has 4 aromatic rings. The Morgan fingerprint density at radius 3 is 2.28 bits per heavy atom. The summed E-state index contributed by atoms with van der Waals surface area (Å²) in [6.45, 7) is 6.85. The van der Waals surface area contributed by atoms with Gasteiger partial charge in [0.2, 0.25) is 0 Å². The minimum atomic E-state index is 0.655. The molecule has 4 rings (SSSR count). The molecule has 0 atom stereocenters. The summed E-state index contributed by atoms with van der Waals surface area (Å²) in [7, 11) is 1.66. The molecule has 0 saturated carbocycles. The number of hydrogen-bond acceptors (Lipinski definition) is 5. The maximum Gasteiger partial charge on any atom is 0.162 e. The molecule has 0 aliphatic rings. The molecule has 0 spiro atoms. The first-order chi connectivity index (χ1) is 14.1. The van der Waals surface area contributed by atoms with Gasteiger partial charge in [0, 0.05) is 33.5 Å². The normalized spacial score (nSPS) is 10.9. The van der Waals surface area contributed by atoms with Crippen molar-refractivity contribution in [3.8, 4) is 17.2 Å². The van der Waals surface area contributed by atoms with E-state index >= 15 is 0 Å². The van der Waals surface area contributed by atoms with Crippen molar-refractivity contribution in [1.29, 1.82) is 0 Å². The molecule has 2 heterocycles. The highest BCUT2D eigenvalue weighted by Crippen LogP contribution is 2.33. The lowest BCUT2D eigenvalue weighted by molar-refractivity contribution is 0.340. The van der Waals surface area contributed by atoms with E-state index in [4.69, 9.17) is 9.47 Å². The molecule has 0 aliphatic heterocycles. The van der Waals surface area contributed by atoms with Crippen LogP contribution in [0.3, 0.4) is 0 Å². The second kappa shape index (κ2) is 7.83. The minimum absolute atomic E-state index is 0.655. The van der Waals surface area contributed by atoms with Crippen LogP contribution in [0.15, 0.2) is 54.7 Å². The minimum Gasteiger partial charge on any atom is -0.497 e. The van der Waals surface area contributed by atoms with Crippen molar-refractivity contribution in [2.75, 3.05) is 19.0 Å². The molecule has 148 valence electrons. The maximum atomic E-state index is 5.57. The van der Waals surface area contributed by atoms with Crippen molar-refractivity contribution >= 4 is 22.3 Å². The smallest absolute Gasteiger partial charge is 0.162 e. The van der Waals surface area contributed by atoms with E-state index in [9.17, 15) is 0 Å². The molecule has 0 saturated heterocycles. The zero-order valence-corrected chi connectivity index (χ0v) is 17.1. The summed E-state index contributed by atoms with van der Waals surface area (Å²) < 4.78 is 13.0. The van der Waals surface area contributed by atoms with Crippen molar-refractivity contribution < 1.29 is 9.47 Å². The van der Waals surface area contributed by atoms with Crippen LogP contribution in [0, 0.1) is 13.8 Å². The van der Waals surface area contributed by atoms with Gasteiger partial charge in [0.1, 0.15) is 11.5 Å². The van der Waals surface area contributed by atoms with E-state index in [-0.39, 0.29) is 0 Å². The van der Waals surface area contributed by atoms with Crippen molar-refractivity contribution in [2.45, 2.75) is 20.8 Å². The Kier molecular flexibility index (Phi) is 5.08. The Bertz CT molecular complexity index is 1130. The third-order valence-electron chi connectivity index (χ3n) is 5.03. The molecular weight excluding hydrogens is 364 g/mol. The van der Waals surface area contributed by atoms with Crippen molar-refractivity contribution in [3.05, 3.63) is 66.1 Å². The Morgan fingerprint density at radius 2 is 1.62 bits per heavy atom. The van der Waals surface area contributed by atoms with Crippen LogP contribution in [-0.4, -0.2) is 28.5 Å². The number of benzene rings is 2. The molecule has 0 fully saturated rings. The Balaban J connectivity index is 1.77. The molecule has 0 unspecified atom stereocenters. The number of hydrogen-bond donors (Lipinski definition) is 1. The third-order valence-corrected chi connectivity index (χ3v) is 5.03. The fourth-order valence-corrected chi connectivity index (χ4v) is 3.65. The topological polar surface area (TPSA) is 61.2 Å². The number of nitrogens with zero attached hydrogens (tertiary/aromatic N) is 3. The largest absolute Gasteiger partial charge is 0.497 e. The molecule has 1 N–H and O–H groups in total. The molecule has 29 heavy (non-hydrogen) atoms. The van der Waals surface area contributed by atoms with E-state index in [1.807, 2.05) is 49.5 Å². The average Bonchev–Trinajstić information content (AvgIpc) is 3.01. The Hall–Kier alpha value is -3.54. The summed E-state index contributed by atoms with van der Waals surface area (Å²) in [5.41, 5.74) is 4.23. The van der Waals surface area contributed by atoms with Crippen LogP contribution in [-0.2, 0) is 0 Å². The summed E-state index contributed by atoms with van der Waals surface area (Å²) in [5.74, 6) is 2.42. The standard InChI is InChI=1S/C23H24N4O2/c1-5-29-20-12-8-18(9-13-20)27-15(2)21-14-24-26-23(22(21)16(27)3)25-17-6-10-19(28-4)11-7-17/h6-14H,5H2,1-4H3,(H,25,26). The first-order valence-electron chi connectivity index (χ1n) is 9.60. The zero-order valence-electron chi connectivity index (χ0n) is 17.1. The summed E-state index contributed by atoms with van der Waals surface area (Å²) in [4.78, 5) is 0. The van der Waals surface area contributed by atoms with E-state index in [0.717, 1.165) is 50.9 Å². The van der Waals surface area contributed by atoms with Crippen LogP contribution in [0.25, 0.3) is 16.5 Å². The van der Waals surface area contributed by atoms with Gasteiger partial charge in [-0.2, -0.15) is 5.10 Å². The maximum absolute atomic E-state index is 5.57. The lowest BCUT2D eigenvalue weighted by Gasteiger charge is -2.11. The highest BCUT2D eigenvalue weighted by atomic mass is 16.5. The number of anilines is 2. The van der Waals surface area contributed by atoms with Crippen molar-refractivity contribution in [3.63, 3.8) is 0 Å². The summed E-state index contributed by atoms with van der Waals surface area (Å²) in [5, 5.41) is 14.1. The number of fused-ring (bicyclic) bond motifs is 1. The van der Waals surface area contributed by atoms with E-state index in [1.54, 1.807) is 7.11 Å². The summed E-state index contributed by atoms with van der Waals surface area (Å²) in [6.07, 6.45) is 1.82. The highest BCUT2D eigenvalue weighted by molar-refractivity contribution is 5.97. The summed E-state index contributed by atoms with van der Waals surface area (Å²) >= 11 is 0. The molecule has 0 bridgehead atoms. The van der Waals surface area contributed by atoms with Gasteiger partial charge in [0.05, 0.1) is 19.9 Å². The van der Waals surface area contributed by atoms with Crippen LogP contribution < -0.4 is 14.8 Å². The predicted molar refractivity (Wildman–Crippen MR) is 116 cm³/mol. The SMILES string of the molecule is CCOc1ccc(-n2c(C)c3cnnc(Nc4ccc(OC)cc4)c3c2C)cc1. The zero-order chi connectivity index (χ0) is 20.4. The van der Waals surface area contributed by atoms with Crippen molar-refractivity contribution in [1.82, 2.24) is 14.8 Å². The van der Waals surface area contributed by atoms with Gasteiger partial charge in [-0.25, -0.2) is 0 Å². The number of aryl methyl sites for hydroxylation is 2. The van der Waals surface area contributed by atoms with E-state index in [1.165, 1.54) is 0 Å². The van der Waals surface area contributed by atoms with Gasteiger partial charge in [-0.3, -0.25) is 0 Å². The Morgan fingerprint density at radius 1 is 0.931 bits per heavy atom. The van der Waals surface area contributed by atoms with Gasteiger partial charge in [-0.1, -0.05) is 0 Å². The second-order valence-electron chi connectivity index (χ2n) is 6.77. The lowest BCUT2D eigenvalue weighted by atomic mass is 10.2. The van der Waals surface area contributed by atoms with Crippen molar-refractivity contribution in [2.24, 2.45) is 0 Å². The van der Waals surface area contributed by atoms with Crippen LogP contribution in [0.4, 0.5) is 11.5 Å². The van der Waals surface area contributed by atoms with Gasteiger partial charge >= 0.3 is 0 Å². The van der Waals surface area contributed by atoms with E-state index < -0.39 is 0 Å². The predicted octanol–water partition coefficient (Wildman–Crippen LogP) is 5.19. The monoisotopic (exact) mass is 388 g/mol. The molecule has 2 aromatic heterocycles. The number of methoxy groups -OCH3 is 1. The van der Waals surface area contributed by atoms with Crippen LogP contribution in [0.1, 0.15) is 18.3 Å². The van der Waals surface area contributed by atoms with Crippen LogP contribution in [0.5, 0.6) is 11.5 Å². The Labute approximate surface area is 170 Å². The number of nitrogens with one attached hydrogen (secondary N) is 1. The molecule has 0 amide bonds.